The van der Waals surface area contributed by atoms with Crippen LogP contribution >= 0.6 is 0 Å². The number of cyclic esters (lactones) is 1. The van der Waals surface area contributed by atoms with Crippen LogP contribution in [0.3, 0.4) is 0 Å². The lowest BCUT2D eigenvalue weighted by molar-refractivity contribution is -0.331. The number of aryl methyl sites for hydroxylation is 1. The van der Waals surface area contributed by atoms with Crippen LogP contribution in [0.15, 0.2) is 133 Å². The highest BCUT2D eigenvalue weighted by atomic mass is 16.5. The quantitative estimate of drug-likeness (QED) is 0.0795. The summed E-state index contributed by atoms with van der Waals surface area (Å²) in [5.74, 6) is 7.16. The van der Waals surface area contributed by atoms with Gasteiger partial charge in [-0.3, -0.25) is 4.79 Å². The minimum atomic E-state index is -1.65. The number of ether oxygens (including phenoxy) is 2. The van der Waals surface area contributed by atoms with Crippen molar-refractivity contribution in [2.75, 3.05) is 6.61 Å². The zero-order valence-electron chi connectivity index (χ0n) is 55.4. The van der Waals surface area contributed by atoms with E-state index in [1.807, 2.05) is 0 Å². The fraction of sp³-hybridized carbons (Fsp3) is 0.600. The van der Waals surface area contributed by atoms with Gasteiger partial charge in [0.25, 0.3) is 0 Å². The molecule has 0 unspecified atom stereocenters. The van der Waals surface area contributed by atoms with Crippen molar-refractivity contribution in [1.82, 2.24) is 0 Å². The van der Waals surface area contributed by atoms with Crippen molar-refractivity contribution in [1.29, 1.82) is 0 Å². The lowest BCUT2D eigenvalue weighted by Crippen LogP contribution is -2.77. The van der Waals surface area contributed by atoms with Crippen molar-refractivity contribution in [2.45, 2.75) is 235 Å². The number of carbonyl (C=O) groups excluding carboxylic acids is 2. The van der Waals surface area contributed by atoms with Crippen LogP contribution in [0.5, 0.6) is 0 Å². The minimum Gasteiger partial charge on any atom is -0.462 e. The third-order valence-corrected chi connectivity index (χ3v) is 29.1. The monoisotopic (exact) mass is 1230 g/mol. The van der Waals surface area contributed by atoms with Gasteiger partial charge in [0.1, 0.15) is 12.7 Å². The molecule has 0 aromatic heterocycles. The Kier molecular flexibility index (Phi) is 15.8. The first-order chi connectivity index (χ1) is 44.7. The lowest BCUT2D eigenvalue weighted by Gasteiger charge is -2.71. The van der Waals surface area contributed by atoms with Crippen LogP contribution in [-0.4, -0.2) is 57.8 Å². The fourth-order valence-corrected chi connectivity index (χ4v) is 25.2. The zero-order valence-corrected chi connectivity index (χ0v) is 55.4. The van der Waals surface area contributed by atoms with Gasteiger partial charge in [-0.2, -0.15) is 0 Å². The normalized spacial score (nSPS) is 40.0. The second kappa shape index (κ2) is 23.7. The fourth-order valence-electron chi connectivity index (χ4n) is 25.2. The molecule has 16 rings (SSSR count). The van der Waals surface area contributed by atoms with Gasteiger partial charge in [-0.25, -0.2) is 4.79 Å². The number of esters is 2. The number of hydrogen-bond donors (Lipinski definition) is 3. The summed E-state index contributed by atoms with van der Waals surface area (Å²) in [6.07, 6.45) is 23.5. The van der Waals surface area contributed by atoms with Gasteiger partial charge in [0.05, 0.1) is 29.1 Å². The van der Waals surface area contributed by atoms with Crippen molar-refractivity contribution in [2.24, 2.45) is 74.9 Å². The zero-order chi connectivity index (χ0) is 62.8. The van der Waals surface area contributed by atoms with Gasteiger partial charge in [-0.15, -0.1) is 0 Å². The molecule has 92 heavy (non-hydrogen) atoms. The molecule has 484 valence electrons. The first-order valence-electron chi connectivity index (χ1n) is 37.0. The van der Waals surface area contributed by atoms with Crippen LogP contribution < -0.4 is 0 Å². The van der Waals surface area contributed by atoms with E-state index in [2.05, 4.69) is 154 Å². The molecule has 2 aliphatic heterocycles. The van der Waals surface area contributed by atoms with E-state index in [4.69, 9.17) is 9.47 Å². The molecule has 2 heterocycles. The number of carbonyl (C=O) groups is 2. The van der Waals surface area contributed by atoms with Crippen molar-refractivity contribution in [3.8, 4) is 11.8 Å². The van der Waals surface area contributed by atoms with Crippen LogP contribution in [0, 0.1) is 86.8 Å². The van der Waals surface area contributed by atoms with E-state index in [0.29, 0.717) is 62.2 Å². The highest BCUT2D eigenvalue weighted by molar-refractivity contribution is 5.93. The van der Waals surface area contributed by atoms with E-state index in [0.717, 1.165) is 63.4 Å². The van der Waals surface area contributed by atoms with Crippen LogP contribution in [0.25, 0.3) is 10.8 Å². The standard InChI is InChI=1S/C85H102O7/c1-54(19-17-24-56-20-7-4-8-21-56)45-62-33-32-60-31-30-58(47-57-22-9-5-10-23-57)48-67(60)79(89)92-71-46-55(2)84(90,44-36-59-49-73(87)91-52-59)85(78(62)88)72(86)38-42-80(3,77(71)85)64-37-43-83-53-81(39-15-16-40-81)70-51-82(63-26-11-6-12-27-63)41-14-13-29-68(82)66-35-34-61-25-18-28-65(69(83)50-64)74(61)75(66)76(70)83/h4-12,18,20-23,25-28,34-35,49,54-55,58,60,62,64,67-72,76-78,86,88,90H,13-17,19,24,29-31,36-48,50-53H2,1-3H3/t54-,55-,58-,60+,62+,64-,67+,68-,69+,70+,71-,72-,76+,77+,78+,80+,82+,83-,84-,85+/m1/s1. The van der Waals surface area contributed by atoms with Crippen molar-refractivity contribution in [3.63, 3.8) is 0 Å². The number of aliphatic hydroxyl groups excluding tert-OH is 2. The molecule has 2 spiro atoms. The van der Waals surface area contributed by atoms with Gasteiger partial charge < -0.3 is 24.8 Å². The van der Waals surface area contributed by atoms with Gasteiger partial charge in [-0.05, 0) is 248 Å². The largest absolute Gasteiger partial charge is 0.462 e. The molecular formula is C85H102O7. The molecule has 0 amide bonds. The molecule has 7 heteroatoms. The Morgan fingerprint density at radius 1 is 0.717 bits per heavy atom. The van der Waals surface area contributed by atoms with Gasteiger partial charge in [-0.1, -0.05) is 186 Å². The van der Waals surface area contributed by atoms with Crippen LogP contribution in [0.4, 0.5) is 0 Å². The van der Waals surface area contributed by atoms with Gasteiger partial charge in [0, 0.05) is 29.2 Å². The first-order valence-corrected chi connectivity index (χ1v) is 37.0. The summed E-state index contributed by atoms with van der Waals surface area (Å²) in [6.45, 7) is 7.07. The molecular weight excluding hydrogens is 1130 g/mol. The third kappa shape index (κ3) is 9.61. The summed E-state index contributed by atoms with van der Waals surface area (Å²) in [6, 6.07) is 45.8. The Hall–Kier alpha value is -5.52. The number of hydrogen-bond acceptors (Lipinski definition) is 7. The predicted octanol–water partition coefficient (Wildman–Crippen LogP) is 17.4. The van der Waals surface area contributed by atoms with Gasteiger partial charge in [0.15, 0.2) is 0 Å². The minimum absolute atomic E-state index is 0.0694. The molecule has 20 atom stereocenters. The molecule has 3 N–H and O–H groups in total. The molecule has 0 radical (unpaired) electrons. The maximum absolute atomic E-state index is 16.0. The average molecular weight is 1240 g/mol. The molecule has 7 nitrogen and oxygen atoms in total. The topological polar surface area (TPSA) is 113 Å². The number of benzene rings is 5. The van der Waals surface area contributed by atoms with E-state index in [9.17, 15) is 20.1 Å². The predicted molar refractivity (Wildman–Crippen MR) is 363 cm³/mol. The van der Waals surface area contributed by atoms with E-state index in [1.54, 1.807) is 33.7 Å². The summed E-state index contributed by atoms with van der Waals surface area (Å²) < 4.78 is 13.0. The SMILES string of the molecule is C[C@H](CCCc1ccccc1)C[C@@H]1C#C[C@@H]2CC[C@H](Cc3ccccc3)C[C@@H]2C(=O)O[C@@H]2C[C@@H](C)[C@](O)(CCC3=CC(=O)OC3)[C@]3([C@H](O)CC[C@@](C)([C@@H]4CC[C@]56CC7(CCCC7)[C@H]7C[C@]8(c9ccccc9)CCCC[C@@H]8c8ccc9cccc(c9c8[C@H]75)[C@@H]6C4)[C@H]23)[C@H]1O. The smallest absolute Gasteiger partial charge is 0.331 e. The lowest BCUT2D eigenvalue weighted by atomic mass is 9.36. The Balaban J connectivity index is 0.840. The van der Waals surface area contributed by atoms with E-state index < -0.39 is 58.4 Å². The maximum atomic E-state index is 16.0. The summed E-state index contributed by atoms with van der Waals surface area (Å²) in [5, 5.41) is 46.3. The third-order valence-electron chi connectivity index (χ3n) is 29.1. The van der Waals surface area contributed by atoms with Gasteiger partial charge in [0.2, 0.25) is 0 Å². The highest BCUT2D eigenvalue weighted by Crippen LogP contribution is 2.81. The summed E-state index contributed by atoms with van der Waals surface area (Å²) in [7, 11) is 0. The van der Waals surface area contributed by atoms with Crippen molar-refractivity contribution in [3.05, 3.63) is 166 Å². The van der Waals surface area contributed by atoms with Crippen molar-refractivity contribution >= 4 is 22.7 Å². The Labute approximate surface area is 548 Å². The van der Waals surface area contributed by atoms with Gasteiger partial charge >= 0.3 is 11.9 Å². The molecule has 7 saturated carbocycles. The first kappa shape index (κ1) is 61.4. The second-order valence-corrected chi connectivity index (χ2v) is 33.2. The van der Waals surface area contributed by atoms with E-state index in [-0.39, 0.29) is 64.9 Å². The van der Waals surface area contributed by atoms with Crippen LogP contribution in [0.2, 0.25) is 0 Å². The molecule has 2 bridgehead atoms. The summed E-state index contributed by atoms with van der Waals surface area (Å²) in [5.41, 5.74) is 6.61. The molecule has 9 aliphatic carbocycles. The second-order valence-electron chi connectivity index (χ2n) is 33.2. The van der Waals surface area contributed by atoms with E-state index >= 15 is 4.79 Å². The molecule has 0 saturated heterocycles. The van der Waals surface area contributed by atoms with Crippen LogP contribution in [0.1, 0.15) is 226 Å². The van der Waals surface area contributed by atoms with Crippen LogP contribution in [-0.2, 0) is 37.3 Å². The van der Waals surface area contributed by atoms with E-state index in [1.165, 1.54) is 80.7 Å². The summed E-state index contributed by atoms with van der Waals surface area (Å²) >= 11 is 0. The molecule has 5 aromatic carbocycles. The highest BCUT2D eigenvalue weighted by Gasteiger charge is 2.77. The molecule has 7 fully saturated rings. The van der Waals surface area contributed by atoms with Crippen molar-refractivity contribution < 1.29 is 34.4 Å². The summed E-state index contributed by atoms with van der Waals surface area (Å²) in [4.78, 5) is 28.8. The maximum Gasteiger partial charge on any atom is 0.331 e. The Morgan fingerprint density at radius 2 is 1.48 bits per heavy atom. The number of fused-ring (bicyclic) bond motifs is 5. The Bertz CT molecular complexity index is 3670. The Morgan fingerprint density at radius 3 is 2.25 bits per heavy atom. The number of aliphatic hydroxyl groups is 3. The average Bonchev–Trinajstić information content (AvgIpc) is 1.31. The molecule has 5 aromatic rings. The molecule has 11 aliphatic rings. The number of rotatable bonds is 13.